The highest BCUT2D eigenvalue weighted by molar-refractivity contribution is 6.99. The Kier molecular flexibility index (Phi) is 9.04. The number of ether oxygens (including phenoxy) is 2. The minimum Gasteiger partial charge on any atom is -0.475 e. The summed E-state index contributed by atoms with van der Waals surface area (Å²) < 4.78 is 21.2. The van der Waals surface area contributed by atoms with E-state index in [0.717, 1.165) is 37.2 Å². The third kappa shape index (κ3) is 6.49. The lowest BCUT2D eigenvalue weighted by Gasteiger charge is -2.41. The van der Waals surface area contributed by atoms with Gasteiger partial charge in [-0.1, -0.05) is 46.1 Å². The van der Waals surface area contributed by atoms with E-state index in [4.69, 9.17) is 9.47 Å². The molecule has 0 amide bonds. The van der Waals surface area contributed by atoms with Gasteiger partial charge in [0.25, 0.3) is 5.88 Å². The molecule has 0 bridgehead atoms. The van der Waals surface area contributed by atoms with Crippen molar-refractivity contribution in [2.24, 2.45) is 5.92 Å². The number of nitrogens with zero attached hydrogens (tertiary/aromatic N) is 3. The largest absolute Gasteiger partial charge is 0.475 e. The predicted octanol–water partition coefficient (Wildman–Crippen LogP) is 2.89. The third-order valence-electron chi connectivity index (χ3n) is 5.83. The number of quaternary nitrogens is 2. The van der Waals surface area contributed by atoms with E-state index in [0.29, 0.717) is 17.0 Å². The van der Waals surface area contributed by atoms with Crippen LogP contribution in [0.2, 0.25) is 0 Å². The summed E-state index contributed by atoms with van der Waals surface area (Å²) in [4.78, 5) is 12.4. The number of carbonyl (C=O) groups is 1. The van der Waals surface area contributed by atoms with Gasteiger partial charge in [0.1, 0.15) is 12.2 Å². The van der Waals surface area contributed by atoms with E-state index >= 15 is 0 Å². The number of hydrogen-bond donors (Lipinski definition) is 1. The molecule has 1 aromatic rings. The first-order valence-corrected chi connectivity index (χ1v) is 11.5. The van der Waals surface area contributed by atoms with Crippen LogP contribution >= 0.6 is 11.7 Å². The molecular formula is C21H38N4O3S+2. The van der Waals surface area contributed by atoms with Gasteiger partial charge in [0, 0.05) is 24.8 Å². The average molecular weight is 427 g/mol. The summed E-state index contributed by atoms with van der Waals surface area (Å²) >= 11 is 1.19. The molecule has 8 heteroatoms. The second-order valence-corrected chi connectivity index (χ2v) is 9.12. The minimum absolute atomic E-state index is 0.162. The number of aromatic nitrogens is 2. The summed E-state index contributed by atoms with van der Waals surface area (Å²) in [5, 5.41) is 0. The molecule has 164 valence electrons. The Labute approximate surface area is 179 Å². The third-order valence-corrected chi connectivity index (χ3v) is 6.35. The van der Waals surface area contributed by atoms with E-state index in [2.05, 4.69) is 34.5 Å². The minimum atomic E-state index is -0.348. The normalized spacial score (nSPS) is 21.6. The van der Waals surface area contributed by atoms with E-state index in [-0.39, 0.29) is 24.2 Å². The molecule has 29 heavy (non-hydrogen) atoms. The van der Waals surface area contributed by atoms with Crippen LogP contribution < -0.4 is 10.5 Å². The first kappa shape index (κ1) is 23.8. The lowest BCUT2D eigenvalue weighted by atomic mass is 10.0. The second-order valence-electron chi connectivity index (χ2n) is 8.59. The molecule has 1 aliphatic heterocycles. The highest BCUT2D eigenvalue weighted by Crippen LogP contribution is 2.31. The molecule has 0 saturated carbocycles. The van der Waals surface area contributed by atoms with E-state index in [1.165, 1.54) is 31.0 Å². The first-order chi connectivity index (χ1) is 13.8. The zero-order chi connectivity index (χ0) is 21.4. The van der Waals surface area contributed by atoms with Gasteiger partial charge in [-0.3, -0.25) is 4.48 Å². The number of rotatable bonds is 11. The fourth-order valence-corrected chi connectivity index (χ4v) is 3.90. The smallest absolute Gasteiger partial charge is 0.369 e. The quantitative estimate of drug-likeness (QED) is 0.334. The monoisotopic (exact) mass is 426 g/mol. The van der Waals surface area contributed by atoms with Gasteiger partial charge >= 0.3 is 5.97 Å². The second kappa shape index (κ2) is 11.0. The van der Waals surface area contributed by atoms with Crippen molar-refractivity contribution >= 4 is 23.3 Å². The van der Waals surface area contributed by atoms with E-state index in [9.17, 15) is 4.79 Å². The van der Waals surface area contributed by atoms with Crippen molar-refractivity contribution in [3.63, 3.8) is 0 Å². The summed E-state index contributed by atoms with van der Waals surface area (Å²) in [5.41, 5.74) is 5.90. The van der Waals surface area contributed by atoms with Crippen molar-refractivity contribution in [1.82, 2.24) is 8.75 Å². The predicted molar refractivity (Wildman–Crippen MR) is 115 cm³/mol. The number of hydrogen-bond acceptors (Lipinski definition) is 6. The molecular weight excluding hydrogens is 388 g/mol. The molecule has 0 radical (unpaired) electrons. The Morgan fingerprint density at radius 1 is 1.28 bits per heavy atom. The van der Waals surface area contributed by atoms with Crippen molar-refractivity contribution in [3.05, 3.63) is 11.8 Å². The van der Waals surface area contributed by atoms with Crippen molar-refractivity contribution in [1.29, 1.82) is 0 Å². The Hall–Kier alpha value is -1.51. The zero-order valence-electron chi connectivity index (χ0n) is 18.6. The van der Waals surface area contributed by atoms with E-state index in [1.54, 1.807) is 0 Å². The first-order valence-electron chi connectivity index (χ1n) is 10.8. The molecule has 1 aromatic heterocycles. The van der Waals surface area contributed by atoms with Gasteiger partial charge < -0.3 is 15.2 Å². The Morgan fingerprint density at radius 3 is 2.72 bits per heavy atom. The van der Waals surface area contributed by atoms with Crippen LogP contribution in [0.25, 0.3) is 5.57 Å². The van der Waals surface area contributed by atoms with Crippen molar-refractivity contribution in [2.75, 3.05) is 26.7 Å². The van der Waals surface area contributed by atoms with Gasteiger partial charge in [-0.15, -0.1) is 4.37 Å². The van der Waals surface area contributed by atoms with Crippen LogP contribution in [-0.4, -0.2) is 58.2 Å². The van der Waals surface area contributed by atoms with Crippen LogP contribution in [0.15, 0.2) is 6.08 Å². The van der Waals surface area contributed by atoms with Crippen molar-refractivity contribution < 1.29 is 24.5 Å². The van der Waals surface area contributed by atoms with Gasteiger partial charge in [0.05, 0.1) is 31.9 Å². The van der Waals surface area contributed by atoms with Gasteiger partial charge in [0.2, 0.25) is 6.23 Å². The molecule has 0 aromatic carbocycles. The van der Waals surface area contributed by atoms with Crippen LogP contribution in [0.3, 0.4) is 0 Å². The summed E-state index contributed by atoms with van der Waals surface area (Å²) in [6, 6.07) is -0.348. The van der Waals surface area contributed by atoms with Gasteiger partial charge in [-0.05, 0) is 6.42 Å². The molecule has 2 heterocycles. The van der Waals surface area contributed by atoms with Crippen LogP contribution in [0.4, 0.5) is 0 Å². The molecule has 3 atom stereocenters. The maximum atomic E-state index is 12.4. The zero-order valence-corrected chi connectivity index (χ0v) is 19.5. The summed E-state index contributed by atoms with van der Waals surface area (Å²) in [7, 11) is 2.13. The van der Waals surface area contributed by atoms with Crippen molar-refractivity contribution in [2.45, 2.75) is 72.1 Å². The molecule has 7 nitrogen and oxygen atoms in total. The molecule has 0 fully saturated rings. The van der Waals surface area contributed by atoms with Gasteiger partial charge in [-0.25, -0.2) is 4.79 Å². The average Bonchev–Trinajstić information content (AvgIpc) is 3.15. The van der Waals surface area contributed by atoms with E-state index < -0.39 is 0 Å². The lowest BCUT2D eigenvalue weighted by Crippen LogP contribution is -2.69. The Morgan fingerprint density at radius 2 is 2.03 bits per heavy atom. The fraction of sp³-hybridized carbons (Fsp3) is 0.762. The number of carbonyl (C=O) groups excluding carboxylic acids is 1. The van der Waals surface area contributed by atoms with Crippen LogP contribution in [0, 0.1) is 5.92 Å². The highest BCUT2D eigenvalue weighted by atomic mass is 32.1. The molecule has 0 spiro atoms. The summed E-state index contributed by atoms with van der Waals surface area (Å²) in [5.74, 6) is 0.567. The highest BCUT2D eigenvalue weighted by Gasteiger charge is 2.38. The maximum absolute atomic E-state index is 12.4. The van der Waals surface area contributed by atoms with Crippen molar-refractivity contribution in [3.8, 4) is 5.88 Å². The molecule has 1 aliphatic rings. The summed E-state index contributed by atoms with van der Waals surface area (Å²) in [6.45, 7) is 10.5. The number of unbranched alkanes of at least 4 members (excludes halogenated alkanes) is 3. The van der Waals surface area contributed by atoms with Gasteiger partial charge in [0.15, 0.2) is 6.04 Å². The van der Waals surface area contributed by atoms with Gasteiger partial charge in [-0.2, -0.15) is 4.37 Å². The Bertz CT molecular complexity index is 691. The molecule has 3 N–H and O–H groups in total. The van der Waals surface area contributed by atoms with E-state index in [1.807, 2.05) is 20.8 Å². The molecule has 2 unspecified atom stereocenters. The van der Waals surface area contributed by atoms with Crippen LogP contribution in [0.1, 0.15) is 65.5 Å². The molecule has 0 aliphatic carbocycles. The maximum Gasteiger partial charge on any atom is 0.369 e. The standard InChI is InChI=1S/C21H37N4O3S/c1-6-7-8-9-13-27-20-19(23-29-24-20)17-11-10-12-25(5,14-17)16(4)28-21(26)18(22)15(2)3/h11,15-16,18H,6-10,12-14,22H2,1-5H3/q+1/p+1/t16?,18-,25?/m0/s1. The molecule has 2 rings (SSSR count). The van der Waals surface area contributed by atoms with Crippen LogP contribution in [-0.2, 0) is 9.53 Å². The summed E-state index contributed by atoms with van der Waals surface area (Å²) in [6.07, 6.45) is 7.52. The fourth-order valence-electron chi connectivity index (χ4n) is 3.37. The topological polar surface area (TPSA) is 89.0 Å². The Balaban J connectivity index is 2.00. The number of esters is 1. The number of likely N-dealkylation sites (N-methyl/N-ethyl adjacent to an activating group) is 1. The molecule has 0 saturated heterocycles. The SMILES string of the molecule is CCCCCCOc1nsnc1C1=CCC[N+](C)(C(C)OC(=O)[C@@H]([NH3+])C(C)C)C1. The lowest BCUT2D eigenvalue weighted by molar-refractivity contribution is -0.944. The van der Waals surface area contributed by atoms with Crippen LogP contribution in [0.5, 0.6) is 5.88 Å².